The lowest BCUT2D eigenvalue weighted by Crippen LogP contribution is -2.42. The molecule has 0 aliphatic carbocycles. The van der Waals surface area contributed by atoms with E-state index in [4.69, 9.17) is 4.74 Å². The van der Waals surface area contributed by atoms with E-state index in [1.807, 2.05) is 6.20 Å². The van der Waals surface area contributed by atoms with E-state index in [1.54, 1.807) is 11.3 Å². The summed E-state index contributed by atoms with van der Waals surface area (Å²) in [5, 5.41) is 1.21. The Bertz CT molecular complexity index is 560. The highest BCUT2D eigenvalue weighted by Crippen LogP contribution is 2.19. The number of rotatable bonds is 5. The van der Waals surface area contributed by atoms with E-state index in [-0.39, 0.29) is 0 Å². The van der Waals surface area contributed by atoms with Crippen LogP contribution in [0.5, 0.6) is 0 Å². The SMILES string of the molecule is Ic1cnc(CN2CCOC(CCc3ccccc3)C2)s1. The largest absolute Gasteiger partial charge is 0.376 e. The van der Waals surface area contributed by atoms with Crippen LogP contribution >= 0.6 is 33.9 Å². The summed E-state index contributed by atoms with van der Waals surface area (Å²) in [6, 6.07) is 10.7. The molecule has 0 amide bonds. The molecule has 2 heterocycles. The molecule has 0 radical (unpaired) electrons. The molecular weight excluding hydrogens is 395 g/mol. The Balaban J connectivity index is 1.49. The van der Waals surface area contributed by atoms with Crippen molar-refractivity contribution < 1.29 is 4.74 Å². The van der Waals surface area contributed by atoms with Crippen LogP contribution in [0.3, 0.4) is 0 Å². The van der Waals surface area contributed by atoms with E-state index < -0.39 is 0 Å². The number of morpholine rings is 1. The van der Waals surface area contributed by atoms with Crippen LogP contribution in [0.2, 0.25) is 0 Å². The highest BCUT2D eigenvalue weighted by Gasteiger charge is 2.21. The van der Waals surface area contributed by atoms with Crippen molar-refractivity contribution in [3.8, 4) is 0 Å². The number of thiazole rings is 1. The van der Waals surface area contributed by atoms with Crippen molar-refractivity contribution in [3.05, 3.63) is 50.0 Å². The highest BCUT2D eigenvalue weighted by atomic mass is 127. The standard InChI is InChI=1S/C16H19IN2OS/c17-15-10-18-16(21-15)12-19-8-9-20-14(11-19)7-6-13-4-2-1-3-5-13/h1-5,10,14H,6-9,11-12H2. The molecule has 3 rings (SSSR count). The Labute approximate surface area is 143 Å². The number of hydrogen-bond donors (Lipinski definition) is 0. The summed E-state index contributed by atoms with van der Waals surface area (Å²) in [5.41, 5.74) is 1.40. The van der Waals surface area contributed by atoms with E-state index in [9.17, 15) is 0 Å². The molecule has 0 N–H and O–H groups in total. The molecule has 1 aromatic heterocycles. The second kappa shape index (κ2) is 7.67. The Morgan fingerprint density at radius 1 is 1.33 bits per heavy atom. The Morgan fingerprint density at radius 2 is 2.19 bits per heavy atom. The normalized spacial score (nSPS) is 19.8. The number of aromatic nitrogens is 1. The van der Waals surface area contributed by atoms with Gasteiger partial charge in [-0.05, 0) is 41.0 Å². The number of ether oxygens (including phenoxy) is 1. The smallest absolute Gasteiger partial charge is 0.108 e. The second-order valence-electron chi connectivity index (χ2n) is 5.31. The number of hydrogen-bond acceptors (Lipinski definition) is 4. The first-order valence-corrected chi connectivity index (χ1v) is 9.17. The monoisotopic (exact) mass is 414 g/mol. The maximum atomic E-state index is 5.91. The summed E-state index contributed by atoms with van der Waals surface area (Å²) in [7, 11) is 0. The number of benzene rings is 1. The molecule has 0 spiro atoms. The summed E-state index contributed by atoms with van der Waals surface area (Å²) in [5.74, 6) is 0. The minimum Gasteiger partial charge on any atom is -0.376 e. The predicted octanol–water partition coefficient (Wildman–Crippen LogP) is 3.58. The van der Waals surface area contributed by atoms with Gasteiger partial charge in [0, 0.05) is 13.1 Å². The Morgan fingerprint density at radius 3 is 2.95 bits per heavy atom. The third-order valence-corrected chi connectivity index (χ3v) is 5.41. The predicted molar refractivity (Wildman–Crippen MR) is 94.6 cm³/mol. The zero-order valence-electron chi connectivity index (χ0n) is 11.9. The fourth-order valence-electron chi connectivity index (χ4n) is 2.62. The second-order valence-corrected chi connectivity index (χ2v) is 8.32. The van der Waals surface area contributed by atoms with Gasteiger partial charge in [-0.15, -0.1) is 11.3 Å². The summed E-state index contributed by atoms with van der Waals surface area (Å²) >= 11 is 4.12. The molecule has 2 aromatic rings. The average Bonchev–Trinajstić information content (AvgIpc) is 2.92. The Hall–Kier alpha value is -0.500. The number of halogens is 1. The first-order chi connectivity index (χ1) is 10.3. The number of nitrogens with zero attached hydrogens (tertiary/aromatic N) is 2. The van der Waals surface area contributed by atoms with Gasteiger partial charge < -0.3 is 4.74 Å². The molecule has 112 valence electrons. The lowest BCUT2D eigenvalue weighted by molar-refractivity contribution is -0.0345. The summed E-state index contributed by atoms with van der Waals surface area (Å²) in [6.45, 7) is 3.82. The molecule has 0 bridgehead atoms. The molecule has 1 aliphatic heterocycles. The van der Waals surface area contributed by atoms with Crippen LogP contribution in [-0.2, 0) is 17.7 Å². The van der Waals surface area contributed by atoms with Crippen LogP contribution in [0, 0.1) is 2.88 Å². The fourth-order valence-corrected chi connectivity index (χ4v) is 4.21. The van der Waals surface area contributed by atoms with E-state index in [2.05, 4.69) is 62.8 Å². The molecule has 1 atom stereocenters. The van der Waals surface area contributed by atoms with Gasteiger partial charge in [-0.2, -0.15) is 0 Å². The van der Waals surface area contributed by atoms with E-state index >= 15 is 0 Å². The molecular formula is C16H19IN2OS. The summed E-state index contributed by atoms with van der Waals surface area (Å²) in [6.07, 6.45) is 4.48. The van der Waals surface area contributed by atoms with Gasteiger partial charge >= 0.3 is 0 Å². The van der Waals surface area contributed by atoms with Crippen molar-refractivity contribution in [1.82, 2.24) is 9.88 Å². The van der Waals surface area contributed by atoms with Crippen molar-refractivity contribution in [2.24, 2.45) is 0 Å². The zero-order chi connectivity index (χ0) is 14.5. The minimum atomic E-state index is 0.345. The molecule has 21 heavy (non-hydrogen) atoms. The average molecular weight is 414 g/mol. The van der Waals surface area contributed by atoms with Gasteiger partial charge in [-0.25, -0.2) is 4.98 Å². The van der Waals surface area contributed by atoms with Crippen LogP contribution < -0.4 is 0 Å². The first-order valence-electron chi connectivity index (χ1n) is 7.28. The zero-order valence-corrected chi connectivity index (χ0v) is 14.8. The van der Waals surface area contributed by atoms with E-state index in [0.717, 1.165) is 39.1 Å². The van der Waals surface area contributed by atoms with Crippen molar-refractivity contribution in [2.45, 2.75) is 25.5 Å². The van der Waals surface area contributed by atoms with E-state index in [0.29, 0.717) is 6.10 Å². The minimum absolute atomic E-state index is 0.345. The molecule has 1 unspecified atom stereocenters. The lowest BCUT2D eigenvalue weighted by atomic mass is 10.1. The van der Waals surface area contributed by atoms with Gasteiger partial charge in [0.05, 0.1) is 28.3 Å². The molecule has 1 saturated heterocycles. The molecule has 3 nitrogen and oxygen atoms in total. The van der Waals surface area contributed by atoms with Gasteiger partial charge in [-0.3, -0.25) is 4.90 Å². The fraction of sp³-hybridized carbons (Fsp3) is 0.438. The highest BCUT2D eigenvalue weighted by molar-refractivity contribution is 14.1. The third-order valence-electron chi connectivity index (χ3n) is 3.70. The molecule has 0 saturated carbocycles. The quantitative estimate of drug-likeness (QED) is 0.700. The first kappa shape index (κ1) is 15.4. The maximum absolute atomic E-state index is 5.91. The summed E-state index contributed by atoms with van der Waals surface area (Å²) < 4.78 is 7.17. The van der Waals surface area contributed by atoms with Crippen LogP contribution in [0.1, 0.15) is 17.0 Å². The van der Waals surface area contributed by atoms with Gasteiger partial charge in [0.25, 0.3) is 0 Å². The van der Waals surface area contributed by atoms with Gasteiger partial charge in [0.2, 0.25) is 0 Å². The lowest BCUT2D eigenvalue weighted by Gasteiger charge is -2.32. The van der Waals surface area contributed by atoms with E-state index in [1.165, 1.54) is 13.5 Å². The maximum Gasteiger partial charge on any atom is 0.108 e. The topological polar surface area (TPSA) is 25.4 Å². The van der Waals surface area contributed by atoms with Crippen molar-refractivity contribution >= 4 is 33.9 Å². The van der Waals surface area contributed by atoms with Gasteiger partial charge in [-0.1, -0.05) is 30.3 Å². The number of aryl methyl sites for hydroxylation is 1. The third kappa shape index (κ3) is 4.74. The van der Waals surface area contributed by atoms with Crippen molar-refractivity contribution in [1.29, 1.82) is 0 Å². The van der Waals surface area contributed by atoms with Gasteiger partial charge in [0.15, 0.2) is 0 Å². The molecule has 1 aliphatic rings. The van der Waals surface area contributed by atoms with Crippen LogP contribution in [0.15, 0.2) is 36.5 Å². The van der Waals surface area contributed by atoms with Crippen molar-refractivity contribution in [3.63, 3.8) is 0 Å². The molecule has 5 heteroatoms. The molecule has 1 aromatic carbocycles. The van der Waals surface area contributed by atoms with Crippen LogP contribution in [0.4, 0.5) is 0 Å². The van der Waals surface area contributed by atoms with Gasteiger partial charge in [0.1, 0.15) is 5.01 Å². The van der Waals surface area contributed by atoms with Crippen molar-refractivity contribution in [2.75, 3.05) is 19.7 Å². The summed E-state index contributed by atoms with van der Waals surface area (Å²) in [4.78, 5) is 6.92. The Kier molecular flexibility index (Phi) is 5.62. The molecule has 1 fully saturated rings. The van der Waals surface area contributed by atoms with Crippen LogP contribution in [0.25, 0.3) is 0 Å². The van der Waals surface area contributed by atoms with Crippen LogP contribution in [-0.4, -0.2) is 35.7 Å².